The van der Waals surface area contributed by atoms with E-state index in [0.717, 1.165) is 37.5 Å². The van der Waals surface area contributed by atoms with Gasteiger partial charge in [-0.25, -0.2) is 4.79 Å². The van der Waals surface area contributed by atoms with Gasteiger partial charge in [-0.1, -0.05) is 29.3 Å². The number of urea groups is 1. The van der Waals surface area contributed by atoms with Crippen LogP contribution in [0.4, 0.5) is 10.5 Å². The molecule has 5 nitrogen and oxygen atoms in total. The van der Waals surface area contributed by atoms with Crippen LogP contribution in [0.25, 0.3) is 0 Å². The topological polar surface area (TPSA) is 47.6 Å². The maximum absolute atomic E-state index is 11.7. The molecule has 1 aromatic carbocycles. The molecule has 2 saturated heterocycles. The molecule has 160 valence electrons. The van der Waals surface area contributed by atoms with Gasteiger partial charge in [0.1, 0.15) is 0 Å². The van der Waals surface area contributed by atoms with Crippen LogP contribution >= 0.6 is 23.2 Å². The minimum Gasteiger partial charge on any atom is -0.369 e. The zero-order valence-electron chi connectivity index (χ0n) is 17.2. The molecular formula is C22H32Cl2N4O. The van der Waals surface area contributed by atoms with E-state index in [1.807, 2.05) is 19.1 Å². The summed E-state index contributed by atoms with van der Waals surface area (Å²) in [5.74, 6) is 0.807. The Labute approximate surface area is 184 Å². The van der Waals surface area contributed by atoms with Crippen LogP contribution in [-0.4, -0.2) is 56.2 Å². The smallest absolute Gasteiger partial charge is 0.314 e. The number of halogens is 2. The van der Waals surface area contributed by atoms with Crippen LogP contribution in [0.5, 0.6) is 0 Å². The van der Waals surface area contributed by atoms with Crippen LogP contribution in [0, 0.1) is 11.3 Å². The van der Waals surface area contributed by atoms with Crippen molar-refractivity contribution in [3.05, 3.63) is 28.2 Å². The molecule has 0 unspecified atom stereocenters. The lowest BCUT2D eigenvalue weighted by molar-refractivity contribution is -0.0252. The third kappa shape index (κ3) is 4.78. The van der Waals surface area contributed by atoms with Gasteiger partial charge in [0, 0.05) is 44.2 Å². The van der Waals surface area contributed by atoms with E-state index >= 15 is 0 Å². The van der Waals surface area contributed by atoms with E-state index < -0.39 is 0 Å². The summed E-state index contributed by atoms with van der Waals surface area (Å²) in [5.41, 5.74) is 1.53. The van der Waals surface area contributed by atoms with E-state index in [1.165, 1.54) is 38.9 Å². The molecule has 2 aliphatic heterocycles. The zero-order valence-corrected chi connectivity index (χ0v) is 18.7. The summed E-state index contributed by atoms with van der Waals surface area (Å²) < 4.78 is 0. The van der Waals surface area contributed by atoms with Crippen molar-refractivity contribution in [2.45, 2.75) is 45.1 Å². The molecule has 3 fully saturated rings. The molecule has 1 spiro atoms. The van der Waals surface area contributed by atoms with E-state index in [9.17, 15) is 4.79 Å². The molecule has 0 atom stereocenters. The van der Waals surface area contributed by atoms with Gasteiger partial charge in [0.25, 0.3) is 0 Å². The number of anilines is 1. The van der Waals surface area contributed by atoms with Crippen LogP contribution in [0.2, 0.25) is 10.0 Å². The molecule has 3 aliphatic rings. The molecule has 2 amide bonds. The quantitative estimate of drug-likeness (QED) is 0.692. The second-order valence-electron chi connectivity index (χ2n) is 9.15. The number of hydrogen-bond acceptors (Lipinski definition) is 3. The summed E-state index contributed by atoms with van der Waals surface area (Å²) in [4.78, 5) is 16.6. The minimum absolute atomic E-state index is 0.0181. The average Bonchev–Trinajstić information content (AvgIpc) is 2.63. The van der Waals surface area contributed by atoms with Crippen LogP contribution in [-0.2, 0) is 0 Å². The van der Waals surface area contributed by atoms with Crippen molar-refractivity contribution in [2.24, 2.45) is 11.3 Å². The van der Waals surface area contributed by atoms with E-state index in [1.54, 1.807) is 0 Å². The predicted octanol–water partition coefficient (Wildman–Crippen LogP) is 4.38. The van der Waals surface area contributed by atoms with Crippen molar-refractivity contribution < 1.29 is 4.79 Å². The van der Waals surface area contributed by atoms with Crippen LogP contribution in [0.1, 0.15) is 39.0 Å². The first kappa shape index (κ1) is 21.1. The van der Waals surface area contributed by atoms with Crippen molar-refractivity contribution in [2.75, 3.05) is 44.2 Å². The summed E-state index contributed by atoms with van der Waals surface area (Å²) >= 11 is 12.5. The van der Waals surface area contributed by atoms with Crippen LogP contribution in [0.3, 0.4) is 0 Å². The molecule has 2 heterocycles. The molecule has 29 heavy (non-hydrogen) atoms. The van der Waals surface area contributed by atoms with Gasteiger partial charge in [-0.05, 0) is 63.6 Å². The van der Waals surface area contributed by atoms with E-state index in [4.69, 9.17) is 23.2 Å². The number of nitrogens with one attached hydrogen (secondary N) is 2. The Morgan fingerprint density at radius 2 is 1.86 bits per heavy atom. The average molecular weight is 439 g/mol. The fraction of sp³-hybridized carbons (Fsp3) is 0.682. The Balaban J connectivity index is 1.12. The second-order valence-corrected chi connectivity index (χ2v) is 9.93. The van der Waals surface area contributed by atoms with E-state index in [-0.39, 0.29) is 6.03 Å². The number of carbonyl (C=O) groups is 1. The highest BCUT2D eigenvalue weighted by atomic mass is 35.5. The molecule has 0 aromatic heterocycles. The summed E-state index contributed by atoms with van der Waals surface area (Å²) in [5, 5.41) is 7.23. The van der Waals surface area contributed by atoms with Gasteiger partial charge < -0.3 is 20.4 Å². The first-order valence-corrected chi connectivity index (χ1v) is 11.7. The number of amides is 2. The number of likely N-dealkylation sites (tertiary alicyclic amines) is 1. The lowest BCUT2D eigenvalue weighted by Crippen LogP contribution is -2.72. The standard InChI is InChI=1S/C22H32Cl2N4O/c1-2-25-21(29)26-17-8-6-16(7-9-17)10-11-27-12-22(13-27)14-28(15-22)19-5-3-4-18(23)20(19)24/h3-5,16-17H,2,6-15H2,1H3,(H2,25,26,29). The Morgan fingerprint density at radius 1 is 1.14 bits per heavy atom. The molecule has 0 bridgehead atoms. The van der Waals surface area contributed by atoms with Gasteiger partial charge in [0.2, 0.25) is 0 Å². The summed E-state index contributed by atoms with van der Waals surface area (Å²) in [6, 6.07) is 6.22. The Bertz CT molecular complexity index is 722. The first-order valence-electron chi connectivity index (χ1n) is 10.9. The number of rotatable bonds is 6. The fourth-order valence-electron chi connectivity index (χ4n) is 5.29. The van der Waals surface area contributed by atoms with Crippen molar-refractivity contribution in [1.29, 1.82) is 0 Å². The lowest BCUT2D eigenvalue weighted by Gasteiger charge is -2.61. The van der Waals surface area contributed by atoms with Gasteiger partial charge in [-0.15, -0.1) is 0 Å². The summed E-state index contributed by atoms with van der Waals surface area (Å²) in [6.45, 7) is 8.41. The van der Waals surface area contributed by atoms with Crippen LogP contribution < -0.4 is 15.5 Å². The number of nitrogens with zero attached hydrogens (tertiary/aromatic N) is 2. The zero-order chi connectivity index (χ0) is 20.4. The number of benzene rings is 1. The maximum Gasteiger partial charge on any atom is 0.314 e. The van der Waals surface area contributed by atoms with Crippen molar-refractivity contribution in [3.8, 4) is 0 Å². The highest BCUT2D eigenvalue weighted by molar-refractivity contribution is 6.43. The highest BCUT2D eigenvalue weighted by Crippen LogP contribution is 2.45. The number of carbonyl (C=O) groups excluding carboxylic acids is 1. The Morgan fingerprint density at radius 3 is 2.55 bits per heavy atom. The Kier molecular flexibility index (Phi) is 6.47. The molecule has 4 rings (SSSR count). The largest absolute Gasteiger partial charge is 0.369 e. The molecular weight excluding hydrogens is 407 g/mol. The molecule has 0 radical (unpaired) electrons. The SMILES string of the molecule is CCNC(=O)NC1CCC(CCN2CC3(C2)CN(c2cccc(Cl)c2Cl)C3)CC1. The van der Waals surface area contributed by atoms with Gasteiger partial charge in [0.15, 0.2) is 0 Å². The van der Waals surface area contributed by atoms with Crippen molar-refractivity contribution in [1.82, 2.24) is 15.5 Å². The third-order valence-electron chi connectivity index (χ3n) is 6.82. The monoisotopic (exact) mass is 438 g/mol. The summed E-state index contributed by atoms with van der Waals surface area (Å²) in [7, 11) is 0. The maximum atomic E-state index is 11.7. The lowest BCUT2D eigenvalue weighted by atomic mass is 9.72. The predicted molar refractivity (Wildman–Crippen MR) is 120 cm³/mol. The molecule has 2 N–H and O–H groups in total. The summed E-state index contributed by atoms with van der Waals surface area (Å²) in [6.07, 6.45) is 5.98. The van der Waals surface area contributed by atoms with Gasteiger partial charge >= 0.3 is 6.03 Å². The van der Waals surface area contributed by atoms with Gasteiger partial charge in [-0.2, -0.15) is 0 Å². The molecule has 1 aromatic rings. The molecule has 1 saturated carbocycles. The molecule has 7 heteroatoms. The van der Waals surface area contributed by atoms with Gasteiger partial charge in [-0.3, -0.25) is 0 Å². The van der Waals surface area contributed by atoms with Crippen molar-refractivity contribution >= 4 is 34.9 Å². The van der Waals surface area contributed by atoms with E-state index in [2.05, 4.69) is 26.5 Å². The van der Waals surface area contributed by atoms with Crippen molar-refractivity contribution in [3.63, 3.8) is 0 Å². The van der Waals surface area contributed by atoms with Gasteiger partial charge in [0.05, 0.1) is 15.7 Å². The second kappa shape index (κ2) is 8.91. The van der Waals surface area contributed by atoms with Crippen LogP contribution in [0.15, 0.2) is 18.2 Å². The number of hydrogen-bond donors (Lipinski definition) is 2. The Hall–Kier alpha value is -1.17. The van der Waals surface area contributed by atoms with E-state index in [0.29, 0.717) is 28.0 Å². The normalized spacial score (nSPS) is 26.0. The third-order valence-corrected chi connectivity index (χ3v) is 7.62. The minimum atomic E-state index is -0.0181. The highest BCUT2D eigenvalue weighted by Gasteiger charge is 2.51. The molecule has 1 aliphatic carbocycles. The first-order chi connectivity index (χ1) is 14.0. The fourth-order valence-corrected chi connectivity index (χ4v) is 5.70.